The Morgan fingerprint density at radius 3 is 2.69 bits per heavy atom. The minimum Gasteiger partial charge on any atom is -0.387 e. The molecule has 1 unspecified atom stereocenters. The van der Waals surface area contributed by atoms with Crippen molar-refractivity contribution < 1.29 is 4.74 Å². The molecule has 2 N–H and O–H groups in total. The maximum atomic E-state index is 5.84. The summed E-state index contributed by atoms with van der Waals surface area (Å²) in [6.07, 6.45) is 1.13. The van der Waals surface area contributed by atoms with Crippen molar-refractivity contribution in [3.05, 3.63) is 0 Å². The van der Waals surface area contributed by atoms with Gasteiger partial charge in [-0.15, -0.1) is 0 Å². The van der Waals surface area contributed by atoms with E-state index in [9.17, 15) is 0 Å². The van der Waals surface area contributed by atoms with E-state index in [-0.39, 0.29) is 5.41 Å². The predicted molar refractivity (Wildman–Crippen MR) is 54.9 cm³/mol. The number of aliphatic imine (C=N–C) groups is 1. The van der Waals surface area contributed by atoms with Crippen LogP contribution in [0.15, 0.2) is 4.99 Å². The lowest BCUT2D eigenvalue weighted by Gasteiger charge is -2.17. The van der Waals surface area contributed by atoms with Crippen LogP contribution in [-0.4, -0.2) is 25.6 Å². The number of hydrogen-bond acceptors (Lipinski definition) is 2. The van der Waals surface area contributed by atoms with Crippen LogP contribution < -0.4 is 5.73 Å². The number of nitrogens with zero attached hydrogens (tertiary/aromatic N) is 1. The summed E-state index contributed by atoms with van der Waals surface area (Å²) in [4.78, 5) is 4.39. The van der Waals surface area contributed by atoms with Gasteiger partial charge in [0.15, 0.2) is 0 Å². The van der Waals surface area contributed by atoms with Gasteiger partial charge in [0.25, 0.3) is 0 Å². The van der Waals surface area contributed by atoms with E-state index in [2.05, 4.69) is 25.8 Å². The lowest BCUT2D eigenvalue weighted by atomic mass is 9.95. The molecule has 1 rings (SSSR count). The molecule has 76 valence electrons. The second kappa shape index (κ2) is 4.09. The minimum absolute atomic E-state index is 0.000534. The van der Waals surface area contributed by atoms with Gasteiger partial charge < -0.3 is 10.5 Å². The Balaban J connectivity index is 2.38. The first kappa shape index (κ1) is 10.5. The Morgan fingerprint density at radius 1 is 1.54 bits per heavy atom. The zero-order valence-corrected chi connectivity index (χ0v) is 8.84. The van der Waals surface area contributed by atoms with Crippen LogP contribution in [0.25, 0.3) is 0 Å². The van der Waals surface area contributed by atoms with Gasteiger partial charge in [-0.05, 0) is 6.42 Å². The van der Waals surface area contributed by atoms with Crippen LogP contribution in [0.1, 0.15) is 27.2 Å². The maximum absolute atomic E-state index is 5.84. The summed E-state index contributed by atoms with van der Waals surface area (Å²) in [5.74, 6) is 1.33. The average molecular weight is 184 g/mol. The summed E-state index contributed by atoms with van der Waals surface area (Å²) in [5, 5.41) is 0. The van der Waals surface area contributed by atoms with Crippen LogP contribution in [-0.2, 0) is 4.74 Å². The Kier molecular flexibility index (Phi) is 3.31. The SMILES string of the molecule is CC(C)(C)C(N)=NCC1CCOC1. The van der Waals surface area contributed by atoms with E-state index in [1.165, 1.54) is 0 Å². The van der Waals surface area contributed by atoms with E-state index in [4.69, 9.17) is 10.5 Å². The molecule has 0 spiro atoms. The largest absolute Gasteiger partial charge is 0.387 e. The summed E-state index contributed by atoms with van der Waals surface area (Å²) in [6.45, 7) is 8.80. The molecule has 0 aromatic carbocycles. The van der Waals surface area contributed by atoms with E-state index >= 15 is 0 Å². The molecule has 1 heterocycles. The van der Waals surface area contributed by atoms with Crippen molar-refractivity contribution in [2.45, 2.75) is 27.2 Å². The van der Waals surface area contributed by atoms with Gasteiger partial charge in [0.05, 0.1) is 12.4 Å². The highest BCUT2D eigenvalue weighted by Gasteiger charge is 2.18. The first-order valence-electron chi connectivity index (χ1n) is 4.88. The average Bonchev–Trinajstić information content (AvgIpc) is 2.50. The van der Waals surface area contributed by atoms with Crippen molar-refractivity contribution in [2.24, 2.45) is 22.1 Å². The third-order valence-corrected chi connectivity index (χ3v) is 2.31. The standard InChI is InChI=1S/C10H20N2O/c1-10(2,3)9(11)12-6-8-4-5-13-7-8/h8H,4-7H2,1-3H3,(H2,11,12). The van der Waals surface area contributed by atoms with E-state index in [0.717, 1.165) is 32.0 Å². The molecule has 1 atom stereocenters. The fourth-order valence-corrected chi connectivity index (χ4v) is 1.19. The zero-order valence-electron chi connectivity index (χ0n) is 8.84. The van der Waals surface area contributed by atoms with Gasteiger partial charge in [0.2, 0.25) is 0 Å². The molecule has 1 saturated heterocycles. The van der Waals surface area contributed by atoms with E-state index in [1.54, 1.807) is 0 Å². The molecular weight excluding hydrogens is 164 g/mol. The molecule has 0 aliphatic carbocycles. The zero-order chi connectivity index (χ0) is 9.90. The lowest BCUT2D eigenvalue weighted by molar-refractivity contribution is 0.187. The Hall–Kier alpha value is -0.570. The fraction of sp³-hybridized carbons (Fsp3) is 0.900. The van der Waals surface area contributed by atoms with Crippen molar-refractivity contribution in [2.75, 3.05) is 19.8 Å². The van der Waals surface area contributed by atoms with Crippen molar-refractivity contribution in [3.63, 3.8) is 0 Å². The van der Waals surface area contributed by atoms with Gasteiger partial charge in [-0.3, -0.25) is 4.99 Å². The minimum atomic E-state index is -0.000534. The maximum Gasteiger partial charge on any atom is 0.0991 e. The fourth-order valence-electron chi connectivity index (χ4n) is 1.19. The van der Waals surface area contributed by atoms with Crippen LogP contribution in [0.2, 0.25) is 0 Å². The molecule has 0 radical (unpaired) electrons. The second-order valence-corrected chi connectivity index (χ2v) is 4.71. The van der Waals surface area contributed by atoms with Crippen LogP contribution in [0.3, 0.4) is 0 Å². The van der Waals surface area contributed by atoms with E-state index in [0.29, 0.717) is 5.92 Å². The molecule has 1 aliphatic rings. The number of hydrogen-bond donors (Lipinski definition) is 1. The molecular formula is C10H20N2O. The molecule has 3 nitrogen and oxygen atoms in total. The molecule has 0 saturated carbocycles. The number of amidine groups is 1. The third kappa shape index (κ3) is 3.35. The van der Waals surface area contributed by atoms with Gasteiger partial charge in [-0.25, -0.2) is 0 Å². The van der Waals surface area contributed by atoms with E-state index in [1.807, 2.05) is 0 Å². The first-order valence-corrected chi connectivity index (χ1v) is 4.88. The first-order chi connectivity index (χ1) is 6.00. The highest BCUT2D eigenvalue weighted by molar-refractivity contribution is 5.85. The molecule has 0 amide bonds. The molecule has 1 fully saturated rings. The highest BCUT2D eigenvalue weighted by atomic mass is 16.5. The molecule has 3 heteroatoms. The Bertz CT molecular complexity index is 188. The molecule has 0 aromatic heterocycles. The van der Waals surface area contributed by atoms with E-state index < -0.39 is 0 Å². The number of nitrogens with two attached hydrogens (primary N) is 1. The normalized spacial score (nSPS) is 25.2. The predicted octanol–water partition coefficient (Wildman–Crippen LogP) is 1.43. The van der Waals surface area contributed by atoms with Crippen LogP contribution in [0, 0.1) is 11.3 Å². The van der Waals surface area contributed by atoms with Crippen molar-refractivity contribution in [1.29, 1.82) is 0 Å². The van der Waals surface area contributed by atoms with Crippen molar-refractivity contribution in [1.82, 2.24) is 0 Å². The second-order valence-electron chi connectivity index (χ2n) is 4.71. The summed E-state index contributed by atoms with van der Waals surface area (Å²) in [7, 11) is 0. The van der Waals surface area contributed by atoms with Gasteiger partial charge >= 0.3 is 0 Å². The van der Waals surface area contributed by atoms with Gasteiger partial charge in [-0.1, -0.05) is 20.8 Å². The van der Waals surface area contributed by atoms with Gasteiger partial charge in [-0.2, -0.15) is 0 Å². The van der Waals surface area contributed by atoms with Crippen LogP contribution in [0.5, 0.6) is 0 Å². The van der Waals surface area contributed by atoms with Crippen LogP contribution in [0.4, 0.5) is 0 Å². The topological polar surface area (TPSA) is 47.6 Å². The van der Waals surface area contributed by atoms with Gasteiger partial charge in [0, 0.05) is 24.5 Å². The highest BCUT2D eigenvalue weighted by Crippen LogP contribution is 2.16. The quantitative estimate of drug-likeness (QED) is 0.521. The Morgan fingerprint density at radius 2 is 2.23 bits per heavy atom. The third-order valence-electron chi connectivity index (χ3n) is 2.31. The summed E-state index contributed by atoms with van der Waals surface area (Å²) in [5.41, 5.74) is 5.84. The monoisotopic (exact) mass is 184 g/mol. The number of rotatable bonds is 2. The van der Waals surface area contributed by atoms with Crippen molar-refractivity contribution >= 4 is 5.84 Å². The molecule has 1 aliphatic heterocycles. The van der Waals surface area contributed by atoms with Gasteiger partial charge in [0.1, 0.15) is 0 Å². The smallest absolute Gasteiger partial charge is 0.0991 e. The lowest BCUT2D eigenvalue weighted by Crippen LogP contribution is -2.29. The Labute approximate surface area is 80.4 Å². The molecule has 0 bridgehead atoms. The summed E-state index contributed by atoms with van der Waals surface area (Å²) >= 11 is 0. The van der Waals surface area contributed by atoms with Crippen molar-refractivity contribution in [3.8, 4) is 0 Å². The summed E-state index contributed by atoms with van der Waals surface area (Å²) < 4.78 is 5.26. The number of ether oxygens (including phenoxy) is 1. The molecule has 13 heavy (non-hydrogen) atoms. The molecule has 0 aromatic rings. The summed E-state index contributed by atoms with van der Waals surface area (Å²) in [6, 6.07) is 0. The van der Waals surface area contributed by atoms with Crippen LogP contribution >= 0.6 is 0 Å².